The van der Waals surface area contributed by atoms with Gasteiger partial charge >= 0.3 is 0 Å². The van der Waals surface area contributed by atoms with Gasteiger partial charge in [0.05, 0.1) is 5.69 Å². The van der Waals surface area contributed by atoms with Crippen molar-refractivity contribution in [3.05, 3.63) is 65.7 Å². The third kappa shape index (κ3) is 2.96. The highest BCUT2D eigenvalue weighted by Gasteiger charge is 2.34. The number of para-hydroxylation sites is 2. The molecule has 0 spiro atoms. The molecule has 1 aliphatic rings. The Morgan fingerprint density at radius 2 is 1.79 bits per heavy atom. The first kappa shape index (κ1) is 15.3. The lowest BCUT2D eigenvalue weighted by atomic mass is 10.1. The summed E-state index contributed by atoms with van der Waals surface area (Å²) in [5.74, 6) is -0.495. The van der Waals surface area contributed by atoms with E-state index in [0.717, 1.165) is 0 Å². The average Bonchev–Trinajstić information content (AvgIpc) is 2.90. The third-order valence-electron chi connectivity index (χ3n) is 3.42. The van der Waals surface area contributed by atoms with Gasteiger partial charge in [-0.25, -0.2) is 5.01 Å². The van der Waals surface area contributed by atoms with Crippen molar-refractivity contribution in [1.82, 2.24) is 5.43 Å². The van der Waals surface area contributed by atoms with Crippen LogP contribution in [0.15, 0.2) is 60.2 Å². The summed E-state index contributed by atoms with van der Waals surface area (Å²) in [4.78, 5) is 24.7. The van der Waals surface area contributed by atoms with Crippen LogP contribution in [0.5, 0.6) is 5.75 Å². The molecule has 0 aliphatic carbocycles. The predicted octanol–water partition coefficient (Wildman–Crippen LogP) is 2.05. The Hall–Kier alpha value is -3.59. The number of anilines is 1. The van der Waals surface area contributed by atoms with E-state index in [0.29, 0.717) is 17.0 Å². The molecule has 6 nitrogen and oxygen atoms in total. The van der Waals surface area contributed by atoms with Crippen LogP contribution in [0.1, 0.15) is 5.56 Å². The van der Waals surface area contributed by atoms with Crippen molar-refractivity contribution in [2.45, 2.75) is 0 Å². The third-order valence-corrected chi connectivity index (χ3v) is 3.42. The lowest BCUT2D eigenvalue weighted by Crippen LogP contribution is -2.35. The molecule has 0 bridgehead atoms. The van der Waals surface area contributed by atoms with E-state index in [4.69, 9.17) is 10.00 Å². The Bertz CT molecular complexity index is 853. The number of carbonyl (C=O) groups excluding carboxylic acids is 2. The number of amides is 2. The number of hydrogen-bond acceptors (Lipinski definition) is 4. The molecular formula is C18H13N3O3. The molecule has 2 aromatic rings. The second-order valence-electron chi connectivity index (χ2n) is 4.96. The lowest BCUT2D eigenvalue weighted by Gasteiger charge is -2.13. The van der Waals surface area contributed by atoms with E-state index in [2.05, 4.69) is 5.43 Å². The Kier molecular flexibility index (Phi) is 4.25. The van der Waals surface area contributed by atoms with Gasteiger partial charge in [-0.3, -0.25) is 15.0 Å². The van der Waals surface area contributed by atoms with E-state index in [-0.39, 0.29) is 12.2 Å². The van der Waals surface area contributed by atoms with Gasteiger partial charge in [0, 0.05) is 5.56 Å². The van der Waals surface area contributed by atoms with Gasteiger partial charge in [0.2, 0.25) is 0 Å². The van der Waals surface area contributed by atoms with E-state index < -0.39 is 11.8 Å². The van der Waals surface area contributed by atoms with Crippen molar-refractivity contribution >= 4 is 23.6 Å². The molecule has 6 heteroatoms. The zero-order chi connectivity index (χ0) is 16.9. The molecule has 1 fully saturated rings. The number of hydrogen-bond donors (Lipinski definition) is 1. The van der Waals surface area contributed by atoms with E-state index in [9.17, 15) is 9.59 Å². The van der Waals surface area contributed by atoms with Crippen LogP contribution in [0, 0.1) is 11.3 Å². The maximum Gasteiger partial charge on any atom is 0.282 e. The first-order chi connectivity index (χ1) is 11.7. The highest BCUT2D eigenvalue weighted by molar-refractivity contribution is 6.31. The fourth-order valence-electron chi connectivity index (χ4n) is 2.31. The number of nitrogens with zero attached hydrogens (tertiary/aromatic N) is 2. The number of carbonyl (C=O) groups is 2. The van der Waals surface area contributed by atoms with Crippen molar-refractivity contribution in [2.24, 2.45) is 0 Å². The highest BCUT2D eigenvalue weighted by Crippen LogP contribution is 2.25. The van der Waals surface area contributed by atoms with E-state index >= 15 is 0 Å². The van der Waals surface area contributed by atoms with Gasteiger partial charge < -0.3 is 4.74 Å². The van der Waals surface area contributed by atoms with Gasteiger partial charge in [-0.05, 0) is 24.3 Å². The second kappa shape index (κ2) is 6.67. The van der Waals surface area contributed by atoms with Crippen molar-refractivity contribution < 1.29 is 14.3 Å². The van der Waals surface area contributed by atoms with Crippen LogP contribution in [0.4, 0.5) is 5.69 Å². The van der Waals surface area contributed by atoms with E-state index in [1.54, 1.807) is 48.5 Å². The van der Waals surface area contributed by atoms with Crippen LogP contribution in [0.25, 0.3) is 6.08 Å². The summed E-state index contributed by atoms with van der Waals surface area (Å²) in [7, 11) is 0. The van der Waals surface area contributed by atoms with Gasteiger partial charge in [0.1, 0.15) is 17.4 Å². The van der Waals surface area contributed by atoms with E-state index in [1.807, 2.05) is 12.1 Å². The molecule has 0 atom stereocenters. The first-order valence-electron chi connectivity index (χ1n) is 7.21. The van der Waals surface area contributed by atoms with Crippen LogP contribution in [0.2, 0.25) is 0 Å². The summed E-state index contributed by atoms with van der Waals surface area (Å²) in [6.45, 7) is -0.115. The van der Waals surface area contributed by atoms with Crippen LogP contribution < -0.4 is 15.2 Å². The molecule has 0 radical (unpaired) electrons. The molecule has 1 saturated heterocycles. The predicted molar refractivity (Wildman–Crippen MR) is 87.6 cm³/mol. The summed E-state index contributed by atoms with van der Waals surface area (Å²) >= 11 is 0. The molecule has 1 heterocycles. The van der Waals surface area contributed by atoms with E-state index in [1.165, 1.54) is 11.1 Å². The zero-order valence-corrected chi connectivity index (χ0v) is 12.6. The van der Waals surface area contributed by atoms with Gasteiger partial charge in [-0.1, -0.05) is 36.4 Å². The molecule has 0 saturated carbocycles. The molecule has 2 amide bonds. The quantitative estimate of drug-likeness (QED) is 0.690. The lowest BCUT2D eigenvalue weighted by molar-refractivity contribution is -0.117. The second-order valence-corrected chi connectivity index (χ2v) is 4.96. The summed E-state index contributed by atoms with van der Waals surface area (Å²) in [6.07, 6.45) is 1.47. The fraction of sp³-hybridized carbons (Fsp3) is 0.0556. The Labute approximate surface area is 138 Å². The number of benzene rings is 2. The van der Waals surface area contributed by atoms with Gasteiger partial charge in [-0.2, -0.15) is 5.26 Å². The Balaban J connectivity index is 1.93. The molecule has 1 aliphatic heterocycles. The standard InChI is InChI=1S/C18H13N3O3/c19-10-11-24-16-9-5-4-6-13(16)12-15-17(22)20-21(18(15)23)14-7-2-1-3-8-14/h1-9,12H,11H2,(H,20,22)/b15-12-. The monoisotopic (exact) mass is 319 g/mol. The van der Waals surface area contributed by atoms with Crippen LogP contribution in [-0.4, -0.2) is 18.4 Å². The maximum atomic E-state index is 12.5. The number of hydrazine groups is 1. The van der Waals surface area contributed by atoms with Crippen molar-refractivity contribution in [3.63, 3.8) is 0 Å². The summed E-state index contributed by atoms with van der Waals surface area (Å²) in [6, 6.07) is 17.6. The fourth-order valence-corrected chi connectivity index (χ4v) is 2.31. The topological polar surface area (TPSA) is 82.4 Å². The molecule has 3 rings (SSSR count). The minimum absolute atomic E-state index is 0.00635. The Morgan fingerprint density at radius 1 is 1.08 bits per heavy atom. The van der Waals surface area contributed by atoms with Crippen LogP contribution in [0.3, 0.4) is 0 Å². The number of ether oxygens (including phenoxy) is 1. The van der Waals surface area contributed by atoms with Gasteiger partial charge in [0.25, 0.3) is 11.8 Å². The molecule has 0 aromatic heterocycles. The zero-order valence-electron chi connectivity index (χ0n) is 12.6. The molecular weight excluding hydrogens is 306 g/mol. The van der Waals surface area contributed by atoms with Crippen LogP contribution >= 0.6 is 0 Å². The van der Waals surface area contributed by atoms with Gasteiger partial charge in [-0.15, -0.1) is 0 Å². The minimum atomic E-state index is -0.487. The maximum absolute atomic E-state index is 12.5. The van der Waals surface area contributed by atoms with Crippen molar-refractivity contribution in [1.29, 1.82) is 5.26 Å². The molecule has 0 unspecified atom stereocenters. The number of nitriles is 1. The molecule has 24 heavy (non-hydrogen) atoms. The summed E-state index contributed by atoms with van der Waals surface area (Å²) < 4.78 is 5.32. The molecule has 2 aromatic carbocycles. The molecule has 118 valence electrons. The van der Waals surface area contributed by atoms with Crippen molar-refractivity contribution in [2.75, 3.05) is 11.6 Å². The van der Waals surface area contributed by atoms with Gasteiger partial charge in [0.15, 0.2) is 6.61 Å². The summed E-state index contributed by atoms with van der Waals surface area (Å²) in [5, 5.41) is 9.83. The van der Waals surface area contributed by atoms with Crippen LogP contribution in [-0.2, 0) is 9.59 Å². The molecule has 1 N–H and O–H groups in total. The largest absolute Gasteiger partial charge is 0.478 e. The number of rotatable bonds is 4. The average molecular weight is 319 g/mol. The SMILES string of the molecule is N#CCOc1ccccc1/C=C1/C(=O)NN(c2ccccc2)C1=O. The number of nitrogens with one attached hydrogen (secondary N) is 1. The minimum Gasteiger partial charge on any atom is -0.478 e. The summed E-state index contributed by atoms with van der Waals surface area (Å²) in [5.41, 5.74) is 3.68. The normalized spacial score (nSPS) is 15.3. The highest BCUT2D eigenvalue weighted by atomic mass is 16.5. The van der Waals surface area contributed by atoms with Crippen molar-refractivity contribution in [3.8, 4) is 11.8 Å². The first-order valence-corrected chi connectivity index (χ1v) is 7.21. The smallest absolute Gasteiger partial charge is 0.282 e. The Morgan fingerprint density at radius 3 is 2.54 bits per heavy atom.